The lowest BCUT2D eigenvalue weighted by molar-refractivity contribution is -0.151. The highest BCUT2D eigenvalue weighted by atomic mass is 16.2. The van der Waals surface area contributed by atoms with Crippen molar-refractivity contribution in [3.63, 3.8) is 0 Å². The second kappa shape index (κ2) is 6.73. The first-order valence-corrected chi connectivity index (χ1v) is 7.15. The zero-order valence-corrected chi connectivity index (χ0v) is 12.4. The van der Waals surface area contributed by atoms with Gasteiger partial charge in [0.2, 0.25) is 11.8 Å². The normalized spacial score (nSPS) is 19.9. The van der Waals surface area contributed by atoms with E-state index in [1.165, 1.54) is 6.42 Å². The maximum absolute atomic E-state index is 12.6. The third kappa shape index (κ3) is 3.58. The van der Waals surface area contributed by atoms with E-state index in [2.05, 4.69) is 18.8 Å². The molecule has 1 fully saturated rings. The molecule has 1 aliphatic heterocycles. The van der Waals surface area contributed by atoms with E-state index in [0.29, 0.717) is 6.54 Å². The standard InChI is InChI=1S/C15H26N2O2/c1-5-10-16-13(18)15(3,4)14(19)17-11-8-7-9-12(17)6-2/h5,12H,1,6-11H2,2-4H3,(H,16,18). The van der Waals surface area contributed by atoms with Crippen LogP contribution in [0.15, 0.2) is 12.7 Å². The number of hydrogen-bond donors (Lipinski definition) is 1. The SMILES string of the molecule is C=CCNC(=O)C(C)(C)C(=O)N1CCCCC1CC. The molecule has 0 aliphatic carbocycles. The van der Waals surface area contributed by atoms with Crippen LogP contribution in [0.25, 0.3) is 0 Å². The first-order valence-electron chi connectivity index (χ1n) is 7.15. The van der Waals surface area contributed by atoms with Gasteiger partial charge in [0, 0.05) is 19.1 Å². The maximum atomic E-state index is 12.6. The van der Waals surface area contributed by atoms with E-state index in [4.69, 9.17) is 0 Å². The van der Waals surface area contributed by atoms with Crippen molar-refractivity contribution in [2.45, 2.75) is 52.5 Å². The van der Waals surface area contributed by atoms with Crippen molar-refractivity contribution < 1.29 is 9.59 Å². The molecule has 0 radical (unpaired) electrons. The van der Waals surface area contributed by atoms with Crippen LogP contribution in [0.3, 0.4) is 0 Å². The van der Waals surface area contributed by atoms with Gasteiger partial charge in [-0.3, -0.25) is 9.59 Å². The highest BCUT2D eigenvalue weighted by Crippen LogP contribution is 2.26. The van der Waals surface area contributed by atoms with E-state index in [1.807, 2.05) is 4.90 Å². The van der Waals surface area contributed by atoms with Crippen LogP contribution in [0.4, 0.5) is 0 Å². The van der Waals surface area contributed by atoms with Gasteiger partial charge in [0.25, 0.3) is 0 Å². The largest absolute Gasteiger partial charge is 0.352 e. The molecule has 0 aromatic heterocycles. The van der Waals surface area contributed by atoms with Crippen molar-refractivity contribution in [3.8, 4) is 0 Å². The average Bonchev–Trinajstić information content (AvgIpc) is 2.43. The number of carbonyl (C=O) groups is 2. The van der Waals surface area contributed by atoms with Gasteiger partial charge in [-0.2, -0.15) is 0 Å². The van der Waals surface area contributed by atoms with Crippen LogP contribution in [0, 0.1) is 5.41 Å². The van der Waals surface area contributed by atoms with Gasteiger partial charge in [0.15, 0.2) is 0 Å². The molecule has 0 aromatic carbocycles. The molecule has 1 N–H and O–H groups in total. The van der Waals surface area contributed by atoms with Crippen molar-refractivity contribution in [3.05, 3.63) is 12.7 Å². The molecule has 1 rings (SSSR count). The Labute approximate surface area is 116 Å². The van der Waals surface area contributed by atoms with Crippen molar-refractivity contribution in [1.82, 2.24) is 10.2 Å². The van der Waals surface area contributed by atoms with Crippen LogP contribution in [-0.4, -0.2) is 35.8 Å². The summed E-state index contributed by atoms with van der Waals surface area (Å²) in [5.74, 6) is -0.279. The first-order chi connectivity index (χ1) is 8.95. The third-order valence-electron chi connectivity index (χ3n) is 3.87. The fourth-order valence-electron chi connectivity index (χ4n) is 2.53. The second-order valence-corrected chi connectivity index (χ2v) is 5.68. The van der Waals surface area contributed by atoms with Gasteiger partial charge in [-0.05, 0) is 39.5 Å². The Kier molecular flexibility index (Phi) is 5.58. The smallest absolute Gasteiger partial charge is 0.237 e. The Balaban J connectivity index is 2.77. The fraction of sp³-hybridized carbons (Fsp3) is 0.733. The van der Waals surface area contributed by atoms with Crippen LogP contribution < -0.4 is 5.32 Å². The highest BCUT2D eigenvalue weighted by Gasteiger charge is 2.41. The number of piperidine rings is 1. The molecule has 1 unspecified atom stereocenters. The van der Waals surface area contributed by atoms with E-state index >= 15 is 0 Å². The number of likely N-dealkylation sites (tertiary alicyclic amines) is 1. The number of nitrogens with one attached hydrogen (secondary N) is 1. The molecule has 1 saturated heterocycles. The van der Waals surface area contributed by atoms with E-state index < -0.39 is 5.41 Å². The number of hydrogen-bond acceptors (Lipinski definition) is 2. The van der Waals surface area contributed by atoms with Gasteiger partial charge in [0.05, 0.1) is 0 Å². The molecular formula is C15H26N2O2. The molecule has 19 heavy (non-hydrogen) atoms. The summed E-state index contributed by atoms with van der Waals surface area (Å²) in [5.41, 5.74) is -1.01. The summed E-state index contributed by atoms with van der Waals surface area (Å²) >= 11 is 0. The molecule has 0 saturated carbocycles. The molecule has 1 aliphatic rings. The predicted molar refractivity (Wildman–Crippen MR) is 76.6 cm³/mol. The van der Waals surface area contributed by atoms with E-state index in [-0.39, 0.29) is 17.9 Å². The van der Waals surface area contributed by atoms with Crippen LogP contribution in [0.2, 0.25) is 0 Å². The van der Waals surface area contributed by atoms with Gasteiger partial charge in [-0.1, -0.05) is 13.0 Å². The minimum Gasteiger partial charge on any atom is -0.352 e. The number of amides is 2. The molecule has 1 atom stereocenters. The van der Waals surface area contributed by atoms with E-state index in [9.17, 15) is 9.59 Å². The van der Waals surface area contributed by atoms with E-state index in [1.54, 1.807) is 19.9 Å². The Morgan fingerprint density at radius 3 is 2.68 bits per heavy atom. The van der Waals surface area contributed by atoms with Gasteiger partial charge in [-0.25, -0.2) is 0 Å². The summed E-state index contributed by atoms with van der Waals surface area (Å²) in [4.78, 5) is 26.6. The Morgan fingerprint density at radius 1 is 1.42 bits per heavy atom. The summed E-state index contributed by atoms with van der Waals surface area (Å²) in [6, 6.07) is 0.285. The topological polar surface area (TPSA) is 49.4 Å². The van der Waals surface area contributed by atoms with Crippen molar-refractivity contribution in [1.29, 1.82) is 0 Å². The van der Waals surface area contributed by atoms with Gasteiger partial charge >= 0.3 is 0 Å². The lowest BCUT2D eigenvalue weighted by Crippen LogP contribution is -2.53. The van der Waals surface area contributed by atoms with Crippen molar-refractivity contribution in [2.24, 2.45) is 5.41 Å². The zero-order chi connectivity index (χ0) is 14.5. The van der Waals surface area contributed by atoms with Crippen LogP contribution in [0.5, 0.6) is 0 Å². The quantitative estimate of drug-likeness (QED) is 0.612. The van der Waals surface area contributed by atoms with Gasteiger partial charge < -0.3 is 10.2 Å². The van der Waals surface area contributed by atoms with Gasteiger partial charge in [0.1, 0.15) is 5.41 Å². The number of carbonyl (C=O) groups excluding carboxylic acids is 2. The molecule has 0 spiro atoms. The summed E-state index contributed by atoms with van der Waals surface area (Å²) in [7, 11) is 0. The Hall–Kier alpha value is -1.32. The van der Waals surface area contributed by atoms with Crippen molar-refractivity contribution >= 4 is 11.8 Å². The summed E-state index contributed by atoms with van der Waals surface area (Å²) in [6.07, 6.45) is 5.83. The molecule has 0 bridgehead atoms. The Morgan fingerprint density at radius 2 is 2.11 bits per heavy atom. The lowest BCUT2D eigenvalue weighted by atomic mass is 9.87. The molecule has 4 heteroatoms. The predicted octanol–water partition coefficient (Wildman–Crippen LogP) is 2.11. The monoisotopic (exact) mass is 266 g/mol. The molecular weight excluding hydrogens is 240 g/mol. The summed E-state index contributed by atoms with van der Waals surface area (Å²) in [6.45, 7) is 10.2. The lowest BCUT2D eigenvalue weighted by Gasteiger charge is -2.39. The zero-order valence-electron chi connectivity index (χ0n) is 12.4. The second-order valence-electron chi connectivity index (χ2n) is 5.68. The molecule has 0 aromatic rings. The maximum Gasteiger partial charge on any atom is 0.237 e. The third-order valence-corrected chi connectivity index (χ3v) is 3.87. The minimum absolute atomic E-state index is 0.0550. The van der Waals surface area contributed by atoms with Gasteiger partial charge in [-0.15, -0.1) is 6.58 Å². The van der Waals surface area contributed by atoms with Crippen LogP contribution in [0.1, 0.15) is 46.5 Å². The molecule has 1 heterocycles. The van der Waals surface area contributed by atoms with Crippen LogP contribution >= 0.6 is 0 Å². The molecule has 2 amide bonds. The van der Waals surface area contributed by atoms with Crippen molar-refractivity contribution in [2.75, 3.05) is 13.1 Å². The minimum atomic E-state index is -1.01. The van der Waals surface area contributed by atoms with Crippen LogP contribution in [-0.2, 0) is 9.59 Å². The highest BCUT2D eigenvalue weighted by molar-refractivity contribution is 6.04. The summed E-state index contributed by atoms with van der Waals surface area (Å²) in [5, 5.41) is 2.72. The fourth-order valence-corrected chi connectivity index (χ4v) is 2.53. The molecule has 4 nitrogen and oxygen atoms in total. The van der Waals surface area contributed by atoms with E-state index in [0.717, 1.165) is 25.8 Å². The molecule has 108 valence electrons. The first kappa shape index (κ1) is 15.7. The Bertz CT molecular complexity index is 350. The average molecular weight is 266 g/mol. The summed E-state index contributed by atoms with van der Waals surface area (Å²) < 4.78 is 0. The number of nitrogens with zero attached hydrogens (tertiary/aromatic N) is 1. The number of rotatable bonds is 5.